The zero-order valence-corrected chi connectivity index (χ0v) is 13.4. The molecule has 0 fully saturated rings. The number of benzene rings is 2. The standard InChI is InChI=1S/C14H12N2O4S2/c1-9-3-5-11(7-13(9)15(17)18)21-22-12-6-4-10(2)14(8-12)16(19)20/h3-8H,1-2H3. The highest BCUT2D eigenvalue weighted by Gasteiger charge is 2.13. The van der Waals surface area contributed by atoms with Gasteiger partial charge in [0.25, 0.3) is 11.4 Å². The minimum atomic E-state index is -0.416. The molecule has 0 aliphatic carbocycles. The monoisotopic (exact) mass is 336 g/mol. The first-order valence-electron chi connectivity index (χ1n) is 6.23. The van der Waals surface area contributed by atoms with Crippen LogP contribution in [0, 0.1) is 34.1 Å². The van der Waals surface area contributed by atoms with Crippen LogP contribution in [0.1, 0.15) is 11.1 Å². The molecule has 0 aliphatic rings. The summed E-state index contributed by atoms with van der Waals surface area (Å²) in [5.41, 5.74) is 1.34. The van der Waals surface area contributed by atoms with Crippen LogP contribution in [0.15, 0.2) is 46.2 Å². The quantitative estimate of drug-likeness (QED) is 0.437. The lowest BCUT2D eigenvalue weighted by atomic mass is 10.2. The van der Waals surface area contributed by atoms with Gasteiger partial charge in [0.05, 0.1) is 9.85 Å². The second-order valence-corrected chi connectivity index (χ2v) is 6.85. The number of nitro groups is 2. The number of hydrogen-bond donors (Lipinski definition) is 0. The van der Waals surface area contributed by atoms with Crippen LogP contribution in [0.4, 0.5) is 11.4 Å². The maximum Gasteiger partial charge on any atom is 0.273 e. The first-order valence-corrected chi connectivity index (χ1v) is 8.38. The molecular formula is C14H12N2O4S2. The van der Waals surface area contributed by atoms with Crippen LogP contribution < -0.4 is 0 Å². The van der Waals surface area contributed by atoms with Gasteiger partial charge < -0.3 is 0 Å². The molecule has 114 valence electrons. The van der Waals surface area contributed by atoms with E-state index in [1.807, 2.05) is 0 Å². The van der Waals surface area contributed by atoms with Crippen molar-refractivity contribution in [3.05, 3.63) is 67.8 Å². The van der Waals surface area contributed by atoms with Gasteiger partial charge in [-0.2, -0.15) is 0 Å². The van der Waals surface area contributed by atoms with Gasteiger partial charge in [-0.15, -0.1) is 0 Å². The molecule has 2 aromatic rings. The predicted molar refractivity (Wildman–Crippen MR) is 87.4 cm³/mol. The molecule has 0 aromatic heterocycles. The lowest BCUT2D eigenvalue weighted by Crippen LogP contribution is -1.91. The van der Waals surface area contributed by atoms with Gasteiger partial charge in [0.2, 0.25) is 0 Å². The van der Waals surface area contributed by atoms with Crippen molar-refractivity contribution < 1.29 is 9.85 Å². The molecule has 2 rings (SSSR count). The summed E-state index contributed by atoms with van der Waals surface area (Å²) >= 11 is 0. The van der Waals surface area contributed by atoms with Crippen LogP contribution in [0.2, 0.25) is 0 Å². The molecule has 0 unspecified atom stereocenters. The van der Waals surface area contributed by atoms with Crippen molar-refractivity contribution in [2.75, 3.05) is 0 Å². The highest BCUT2D eigenvalue weighted by atomic mass is 33.1. The lowest BCUT2D eigenvalue weighted by molar-refractivity contribution is -0.385. The third kappa shape index (κ3) is 3.77. The van der Waals surface area contributed by atoms with Crippen LogP contribution in [0.25, 0.3) is 0 Å². The van der Waals surface area contributed by atoms with Crippen LogP contribution >= 0.6 is 21.6 Å². The highest BCUT2D eigenvalue weighted by Crippen LogP contribution is 2.40. The van der Waals surface area contributed by atoms with E-state index >= 15 is 0 Å². The average Bonchev–Trinajstić information content (AvgIpc) is 2.47. The predicted octanol–water partition coefficient (Wildman–Crippen LogP) is 4.92. The zero-order chi connectivity index (χ0) is 16.3. The Hall–Kier alpha value is -2.06. The van der Waals surface area contributed by atoms with E-state index in [-0.39, 0.29) is 11.4 Å². The number of aryl methyl sites for hydroxylation is 2. The Kier molecular flexibility index (Phi) is 5.04. The molecular weight excluding hydrogens is 324 g/mol. The van der Waals surface area contributed by atoms with Gasteiger partial charge in [-0.05, 0) is 26.0 Å². The van der Waals surface area contributed by atoms with E-state index in [0.717, 1.165) is 9.79 Å². The molecule has 0 amide bonds. The first-order chi connectivity index (χ1) is 10.4. The summed E-state index contributed by atoms with van der Waals surface area (Å²) in [6.07, 6.45) is 0. The summed E-state index contributed by atoms with van der Waals surface area (Å²) in [5, 5.41) is 21.8. The maximum atomic E-state index is 10.9. The van der Waals surface area contributed by atoms with E-state index in [2.05, 4.69) is 0 Å². The van der Waals surface area contributed by atoms with Crippen LogP contribution in [0.3, 0.4) is 0 Å². The number of nitro benzene ring substituents is 2. The van der Waals surface area contributed by atoms with Gasteiger partial charge in [0.15, 0.2) is 0 Å². The van der Waals surface area contributed by atoms with Crippen molar-refractivity contribution in [3.8, 4) is 0 Å². The van der Waals surface area contributed by atoms with Crippen LogP contribution in [0.5, 0.6) is 0 Å². The van der Waals surface area contributed by atoms with Crippen molar-refractivity contribution in [1.82, 2.24) is 0 Å². The van der Waals surface area contributed by atoms with E-state index in [9.17, 15) is 20.2 Å². The molecule has 0 atom stereocenters. The average molecular weight is 336 g/mol. The van der Waals surface area contributed by atoms with Gasteiger partial charge >= 0.3 is 0 Å². The molecule has 0 radical (unpaired) electrons. The normalized spacial score (nSPS) is 10.5. The Labute approximate surface area is 134 Å². The molecule has 8 heteroatoms. The third-order valence-corrected chi connectivity index (χ3v) is 5.37. The van der Waals surface area contributed by atoms with E-state index in [4.69, 9.17) is 0 Å². The van der Waals surface area contributed by atoms with E-state index < -0.39 is 9.85 Å². The Morgan fingerprint density at radius 1 is 0.773 bits per heavy atom. The van der Waals surface area contributed by atoms with Gasteiger partial charge in [0, 0.05) is 33.1 Å². The molecule has 22 heavy (non-hydrogen) atoms. The maximum absolute atomic E-state index is 10.9. The largest absolute Gasteiger partial charge is 0.273 e. The van der Waals surface area contributed by atoms with Crippen LogP contribution in [-0.2, 0) is 0 Å². The summed E-state index contributed by atoms with van der Waals surface area (Å²) in [6.45, 7) is 3.37. The summed E-state index contributed by atoms with van der Waals surface area (Å²) in [6, 6.07) is 9.99. The van der Waals surface area contributed by atoms with Crippen molar-refractivity contribution >= 4 is 33.0 Å². The van der Waals surface area contributed by atoms with Crippen LogP contribution in [-0.4, -0.2) is 9.85 Å². The fraction of sp³-hybridized carbons (Fsp3) is 0.143. The number of nitrogens with zero attached hydrogens (tertiary/aromatic N) is 2. The third-order valence-electron chi connectivity index (χ3n) is 2.99. The van der Waals surface area contributed by atoms with Crippen molar-refractivity contribution in [3.63, 3.8) is 0 Å². The minimum absolute atomic E-state index is 0.0699. The zero-order valence-electron chi connectivity index (χ0n) is 11.8. The smallest absolute Gasteiger partial charge is 0.258 e. The Balaban J connectivity index is 2.17. The van der Waals surface area contributed by atoms with Crippen molar-refractivity contribution in [2.45, 2.75) is 23.6 Å². The molecule has 0 saturated carbocycles. The number of hydrogen-bond acceptors (Lipinski definition) is 6. The summed E-state index contributed by atoms with van der Waals surface area (Å²) < 4.78 is 0. The highest BCUT2D eigenvalue weighted by molar-refractivity contribution is 8.76. The molecule has 0 spiro atoms. The van der Waals surface area contributed by atoms with Gasteiger partial charge in [-0.3, -0.25) is 20.2 Å². The molecule has 0 saturated heterocycles. The number of rotatable bonds is 5. The van der Waals surface area contributed by atoms with E-state index in [1.54, 1.807) is 38.1 Å². The van der Waals surface area contributed by atoms with Gasteiger partial charge in [0.1, 0.15) is 0 Å². The minimum Gasteiger partial charge on any atom is -0.258 e. The van der Waals surface area contributed by atoms with E-state index in [1.165, 1.54) is 33.7 Å². The SMILES string of the molecule is Cc1ccc(SSc2ccc(C)c([N+](=O)[O-])c2)cc1[N+](=O)[O-]. The fourth-order valence-electron chi connectivity index (χ4n) is 1.77. The molecule has 0 bridgehead atoms. The van der Waals surface area contributed by atoms with Gasteiger partial charge in [-0.25, -0.2) is 0 Å². The molecule has 0 aliphatic heterocycles. The second-order valence-electron chi connectivity index (χ2n) is 4.58. The summed E-state index contributed by atoms with van der Waals surface area (Å²) in [4.78, 5) is 22.5. The van der Waals surface area contributed by atoms with Crippen molar-refractivity contribution in [2.24, 2.45) is 0 Å². The van der Waals surface area contributed by atoms with E-state index in [0.29, 0.717) is 11.1 Å². The first kappa shape index (κ1) is 16.3. The van der Waals surface area contributed by atoms with Crippen molar-refractivity contribution in [1.29, 1.82) is 0 Å². The Bertz CT molecular complexity index is 686. The molecule has 2 aromatic carbocycles. The fourth-order valence-corrected chi connectivity index (χ4v) is 3.73. The summed E-state index contributed by atoms with van der Waals surface area (Å²) in [7, 11) is 2.66. The second kappa shape index (κ2) is 6.80. The van der Waals surface area contributed by atoms with Gasteiger partial charge in [-0.1, -0.05) is 33.7 Å². The summed E-state index contributed by atoms with van der Waals surface area (Å²) in [5.74, 6) is 0. The lowest BCUT2D eigenvalue weighted by Gasteiger charge is -2.04. The Morgan fingerprint density at radius 3 is 1.45 bits per heavy atom. The molecule has 6 nitrogen and oxygen atoms in total. The Morgan fingerprint density at radius 2 is 1.14 bits per heavy atom. The molecule has 0 N–H and O–H groups in total. The molecule has 0 heterocycles. The topological polar surface area (TPSA) is 86.3 Å².